The maximum absolute atomic E-state index is 14.1. The molecule has 9 heteroatoms. The number of aryl methyl sites for hydroxylation is 2. The topological polar surface area (TPSA) is 96.0 Å². The summed E-state index contributed by atoms with van der Waals surface area (Å²) >= 11 is 0. The SMILES string of the molecule is COc1ccc(CN(C(=O)CN(c2ccccc2C)S(=O)(=O)c2ccc(C)cc2)[C@H](C)C(=O)NC2CCCC2)cc1. The van der Waals surface area contributed by atoms with Gasteiger partial charge in [-0.1, -0.05) is 60.9 Å². The third-order valence-electron chi connectivity index (χ3n) is 7.65. The Morgan fingerprint density at radius 3 is 2.20 bits per heavy atom. The fraction of sp³-hybridized carbons (Fsp3) is 0.375. The molecule has 0 saturated heterocycles. The van der Waals surface area contributed by atoms with Gasteiger partial charge in [0.2, 0.25) is 11.8 Å². The van der Waals surface area contributed by atoms with Crippen LogP contribution in [0.15, 0.2) is 77.7 Å². The molecule has 0 unspecified atom stereocenters. The number of carbonyl (C=O) groups is 2. The van der Waals surface area contributed by atoms with Crippen LogP contribution < -0.4 is 14.4 Å². The van der Waals surface area contributed by atoms with Crippen LogP contribution in [0.1, 0.15) is 49.3 Å². The molecule has 0 spiro atoms. The normalized spacial score (nSPS) is 14.3. The van der Waals surface area contributed by atoms with Gasteiger partial charge in [-0.05, 0) is 75.1 Å². The second-order valence-corrected chi connectivity index (χ2v) is 12.5. The molecule has 1 aliphatic rings. The summed E-state index contributed by atoms with van der Waals surface area (Å²) in [6.45, 7) is 5.06. The van der Waals surface area contributed by atoms with E-state index in [1.54, 1.807) is 62.6 Å². The second-order valence-electron chi connectivity index (χ2n) is 10.6. The van der Waals surface area contributed by atoms with Gasteiger partial charge < -0.3 is 15.0 Å². The van der Waals surface area contributed by atoms with Crippen molar-refractivity contribution in [2.45, 2.75) is 70.0 Å². The van der Waals surface area contributed by atoms with E-state index in [2.05, 4.69) is 5.32 Å². The average Bonchev–Trinajstić information content (AvgIpc) is 3.48. The summed E-state index contributed by atoms with van der Waals surface area (Å²) in [7, 11) is -2.52. The maximum Gasteiger partial charge on any atom is 0.264 e. The number of sulfonamides is 1. The number of para-hydroxylation sites is 1. The molecule has 1 N–H and O–H groups in total. The lowest BCUT2D eigenvalue weighted by atomic mass is 10.1. The zero-order valence-electron chi connectivity index (χ0n) is 24.2. The highest BCUT2D eigenvalue weighted by Gasteiger charge is 2.33. The summed E-state index contributed by atoms with van der Waals surface area (Å²) < 4.78 is 34.4. The molecule has 4 rings (SSSR count). The Morgan fingerprint density at radius 1 is 0.951 bits per heavy atom. The van der Waals surface area contributed by atoms with Gasteiger partial charge in [0.05, 0.1) is 17.7 Å². The lowest BCUT2D eigenvalue weighted by molar-refractivity contribution is -0.139. The maximum atomic E-state index is 14.1. The van der Waals surface area contributed by atoms with Crippen molar-refractivity contribution in [3.8, 4) is 5.75 Å². The highest BCUT2D eigenvalue weighted by atomic mass is 32.2. The molecule has 2 amide bonds. The number of ether oxygens (including phenoxy) is 1. The van der Waals surface area contributed by atoms with Crippen LogP contribution in [0.5, 0.6) is 5.75 Å². The lowest BCUT2D eigenvalue weighted by Gasteiger charge is -2.33. The summed E-state index contributed by atoms with van der Waals surface area (Å²) in [6.07, 6.45) is 3.97. The van der Waals surface area contributed by atoms with E-state index in [1.807, 2.05) is 38.1 Å². The van der Waals surface area contributed by atoms with Crippen LogP contribution in [0.4, 0.5) is 5.69 Å². The molecule has 1 fully saturated rings. The van der Waals surface area contributed by atoms with Crippen molar-refractivity contribution >= 4 is 27.5 Å². The number of anilines is 1. The van der Waals surface area contributed by atoms with Crippen LogP contribution >= 0.6 is 0 Å². The number of benzene rings is 3. The van der Waals surface area contributed by atoms with Crippen LogP contribution in [0.25, 0.3) is 0 Å². The van der Waals surface area contributed by atoms with E-state index >= 15 is 0 Å². The smallest absolute Gasteiger partial charge is 0.264 e. The number of amides is 2. The minimum Gasteiger partial charge on any atom is -0.497 e. The van der Waals surface area contributed by atoms with E-state index in [9.17, 15) is 18.0 Å². The highest BCUT2D eigenvalue weighted by Crippen LogP contribution is 2.28. The largest absolute Gasteiger partial charge is 0.497 e. The van der Waals surface area contributed by atoms with Crippen molar-refractivity contribution < 1.29 is 22.7 Å². The summed E-state index contributed by atoms with van der Waals surface area (Å²) in [5.41, 5.74) is 2.84. The molecule has 0 radical (unpaired) electrons. The molecule has 1 atom stereocenters. The standard InChI is InChI=1S/C32H39N3O5S/c1-23-13-19-29(20-14-23)41(38,39)35(30-12-8-5-9-24(30)2)22-31(36)34(21-26-15-17-28(40-4)18-16-26)25(3)32(37)33-27-10-6-7-11-27/h5,8-9,12-20,25,27H,6-7,10-11,21-22H2,1-4H3,(H,33,37)/t25-/m1/s1. The molecule has 0 aromatic heterocycles. The average molecular weight is 578 g/mol. The molecule has 0 bridgehead atoms. The number of rotatable bonds is 11. The predicted octanol–water partition coefficient (Wildman–Crippen LogP) is 4.98. The molecular formula is C32H39N3O5S. The van der Waals surface area contributed by atoms with Gasteiger partial charge in [-0.15, -0.1) is 0 Å². The van der Waals surface area contributed by atoms with E-state index in [0.29, 0.717) is 17.0 Å². The monoisotopic (exact) mass is 577 g/mol. The third-order valence-corrected chi connectivity index (χ3v) is 9.43. The third kappa shape index (κ3) is 7.27. The Balaban J connectivity index is 1.69. The summed E-state index contributed by atoms with van der Waals surface area (Å²) in [5, 5.41) is 3.09. The Morgan fingerprint density at radius 2 is 1.59 bits per heavy atom. The molecule has 218 valence electrons. The van der Waals surface area contributed by atoms with Crippen LogP contribution in [0.2, 0.25) is 0 Å². The fourth-order valence-corrected chi connectivity index (χ4v) is 6.57. The van der Waals surface area contributed by atoms with Crippen LogP contribution in [-0.4, -0.2) is 50.9 Å². The Kier molecular flexibility index (Phi) is 9.70. The molecule has 0 aliphatic heterocycles. The molecule has 1 aliphatic carbocycles. The molecule has 0 heterocycles. The van der Waals surface area contributed by atoms with Crippen LogP contribution in [-0.2, 0) is 26.2 Å². The van der Waals surface area contributed by atoms with Gasteiger partial charge in [0.25, 0.3) is 10.0 Å². The van der Waals surface area contributed by atoms with Gasteiger partial charge in [-0.25, -0.2) is 8.42 Å². The van der Waals surface area contributed by atoms with Gasteiger partial charge in [0.1, 0.15) is 18.3 Å². The molecular weight excluding hydrogens is 538 g/mol. The number of hydrogen-bond donors (Lipinski definition) is 1. The van der Waals surface area contributed by atoms with Crippen molar-refractivity contribution in [2.75, 3.05) is 18.0 Å². The van der Waals surface area contributed by atoms with E-state index in [4.69, 9.17) is 4.74 Å². The minimum atomic E-state index is -4.10. The first-order valence-electron chi connectivity index (χ1n) is 14.0. The van der Waals surface area contributed by atoms with Crippen molar-refractivity contribution in [3.05, 3.63) is 89.5 Å². The summed E-state index contributed by atoms with van der Waals surface area (Å²) in [4.78, 5) is 29.0. The quantitative estimate of drug-likeness (QED) is 0.347. The Hall–Kier alpha value is -3.85. The van der Waals surface area contributed by atoms with Crippen molar-refractivity contribution in [1.82, 2.24) is 10.2 Å². The van der Waals surface area contributed by atoms with Crippen molar-refractivity contribution in [3.63, 3.8) is 0 Å². The zero-order valence-corrected chi connectivity index (χ0v) is 25.0. The van der Waals surface area contributed by atoms with Gasteiger partial charge in [0, 0.05) is 12.6 Å². The molecule has 3 aromatic rings. The van der Waals surface area contributed by atoms with Gasteiger partial charge in [0.15, 0.2) is 0 Å². The van der Waals surface area contributed by atoms with E-state index < -0.39 is 28.5 Å². The molecule has 3 aromatic carbocycles. The molecule has 8 nitrogen and oxygen atoms in total. The highest BCUT2D eigenvalue weighted by molar-refractivity contribution is 7.92. The zero-order chi connectivity index (χ0) is 29.6. The number of nitrogens with zero attached hydrogens (tertiary/aromatic N) is 2. The first-order valence-corrected chi connectivity index (χ1v) is 15.4. The van der Waals surface area contributed by atoms with Gasteiger partial charge in [-0.2, -0.15) is 0 Å². The van der Waals surface area contributed by atoms with E-state index in [-0.39, 0.29) is 23.4 Å². The first kappa shape index (κ1) is 30.1. The Labute approximate surface area is 243 Å². The van der Waals surface area contributed by atoms with Gasteiger partial charge >= 0.3 is 0 Å². The number of methoxy groups -OCH3 is 1. The second kappa shape index (κ2) is 13.2. The Bertz CT molecular complexity index is 1450. The number of nitrogens with one attached hydrogen (secondary N) is 1. The fourth-order valence-electron chi connectivity index (χ4n) is 5.10. The predicted molar refractivity (Wildman–Crippen MR) is 160 cm³/mol. The van der Waals surface area contributed by atoms with Gasteiger partial charge in [-0.3, -0.25) is 13.9 Å². The number of hydrogen-bond acceptors (Lipinski definition) is 5. The summed E-state index contributed by atoms with van der Waals surface area (Å²) in [6, 6.07) is 20.2. The van der Waals surface area contributed by atoms with Crippen molar-refractivity contribution in [2.24, 2.45) is 0 Å². The summed E-state index contributed by atoms with van der Waals surface area (Å²) in [5.74, 6) is -0.0509. The van der Waals surface area contributed by atoms with Crippen LogP contribution in [0, 0.1) is 13.8 Å². The van der Waals surface area contributed by atoms with E-state index in [0.717, 1.165) is 41.1 Å². The van der Waals surface area contributed by atoms with Crippen LogP contribution in [0.3, 0.4) is 0 Å². The van der Waals surface area contributed by atoms with Crippen molar-refractivity contribution in [1.29, 1.82) is 0 Å². The minimum absolute atomic E-state index is 0.0906. The first-order chi connectivity index (χ1) is 19.6. The lowest BCUT2D eigenvalue weighted by Crippen LogP contribution is -2.52. The number of carbonyl (C=O) groups excluding carboxylic acids is 2. The van der Waals surface area contributed by atoms with E-state index in [1.165, 1.54) is 4.90 Å². The molecule has 1 saturated carbocycles. The molecule has 41 heavy (non-hydrogen) atoms.